The summed E-state index contributed by atoms with van der Waals surface area (Å²) in [6, 6.07) is 5.49. The Morgan fingerprint density at radius 3 is 2.56 bits per heavy atom. The van der Waals surface area contributed by atoms with Crippen molar-refractivity contribution in [1.82, 2.24) is 29.9 Å². The molecule has 1 fully saturated rings. The molecule has 0 amide bonds. The standard InChI is InChI=1S/C27H26F2N6O3S/c1-14-20(12-31-39(4,36)37)33-25(38-14)21-11-30-13-22(32-21)27-9-8-16(26(27,2)3)15-10-19(34-35-24(15)27)23-17(28)6-5-7-18(23)29/h5-7,10-11,13,16,31H,8-9,12H2,1-4H3/t16-,27-/m0/s1. The molecule has 9 nitrogen and oxygen atoms in total. The third-order valence-electron chi connectivity index (χ3n) is 8.29. The summed E-state index contributed by atoms with van der Waals surface area (Å²) in [6.07, 6.45) is 5.93. The van der Waals surface area contributed by atoms with Crippen LogP contribution in [0.25, 0.3) is 22.8 Å². The van der Waals surface area contributed by atoms with Crippen LogP contribution in [0.3, 0.4) is 0 Å². The Balaban J connectivity index is 1.43. The number of fused-ring (bicyclic) bond motifs is 5. The molecule has 2 atom stereocenters. The van der Waals surface area contributed by atoms with Crippen molar-refractivity contribution in [3.8, 4) is 22.8 Å². The smallest absolute Gasteiger partial charge is 0.247 e. The van der Waals surface area contributed by atoms with Crippen LogP contribution in [0, 0.1) is 24.0 Å². The molecule has 2 bridgehead atoms. The minimum atomic E-state index is -3.40. The number of aryl methyl sites for hydroxylation is 1. The molecular weight excluding hydrogens is 526 g/mol. The van der Waals surface area contributed by atoms with Gasteiger partial charge in [0.05, 0.1) is 52.8 Å². The summed E-state index contributed by atoms with van der Waals surface area (Å²) >= 11 is 0. The van der Waals surface area contributed by atoms with Crippen LogP contribution in [-0.2, 0) is 22.0 Å². The molecule has 202 valence electrons. The number of nitrogens with zero attached hydrogens (tertiary/aromatic N) is 5. The van der Waals surface area contributed by atoms with Gasteiger partial charge in [0, 0.05) is 6.20 Å². The molecule has 0 aliphatic heterocycles. The molecule has 1 N–H and O–H groups in total. The highest BCUT2D eigenvalue weighted by molar-refractivity contribution is 7.88. The molecule has 1 aromatic carbocycles. The maximum absolute atomic E-state index is 14.5. The largest absolute Gasteiger partial charge is 0.440 e. The van der Waals surface area contributed by atoms with Crippen molar-refractivity contribution in [2.24, 2.45) is 5.41 Å². The van der Waals surface area contributed by atoms with Gasteiger partial charge in [0.2, 0.25) is 15.9 Å². The van der Waals surface area contributed by atoms with Crippen LogP contribution in [0.1, 0.15) is 61.0 Å². The number of sulfonamides is 1. The average Bonchev–Trinajstić information content (AvgIpc) is 3.45. The highest BCUT2D eigenvalue weighted by atomic mass is 32.2. The highest BCUT2D eigenvalue weighted by Crippen LogP contribution is 2.69. The maximum atomic E-state index is 14.5. The Bertz CT molecular complexity index is 1720. The molecule has 39 heavy (non-hydrogen) atoms. The summed E-state index contributed by atoms with van der Waals surface area (Å²) in [6.45, 7) is 5.99. The summed E-state index contributed by atoms with van der Waals surface area (Å²) in [7, 11) is -3.40. The normalized spacial score (nSPS) is 21.3. The molecule has 0 saturated heterocycles. The molecule has 0 unspecified atom stereocenters. The van der Waals surface area contributed by atoms with E-state index < -0.39 is 27.1 Å². The molecule has 1 saturated carbocycles. The lowest BCUT2D eigenvalue weighted by Crippen LogP contribution is -2.38. The fourth-order valence-electron chi connectivity index (χ4n) is 6.33. The number of benzene rings is 1. The first-order chi connectivity index (χ1) is 18.4. The van der Waals surface area contributed by atoms with Crippen molar-refractivity contribution in [2.75, 3.05) is 6.26 Å². The average molecular weight is 553 g/mol. The van der Waals surface area contributed by atoms with Gasteiger partial charge in [-0.3, -0.25) is 4.98 Å². The molecule has 0 spiro atoms. The van der Waals surface area contributed by atoms with Crippen molar-refractivity contribution in [1.29, 1.82) is 0 Å². The summed E-state index contributed by atoms with van der Waals surface area (Å²) in [4.78, 5) is 13.8. The SMILES string of the molecule is Cc1oc(-c2cncc([C@@]34CC[C@@H](c5cc(-c6c(F)cccc6F)nnc53)C4(C)C)n2)nc1CNS(C)(=O)=O. The summed E-state index contributed by atoms with van der Waals surface area (Å²) in [5, 5.41) is 8.83. The van der Waals surface area contributed by atoms with Gasteiger partial charge in [-0.25, -0.2) is 31.9 Å². The molecule has 4 aromatic rings. The minimum absolute atomic E-state index is 0.00612. The lowest BCUT2D eigenvalue weighted by Gasteiger charge is -2.37. The van der Waals surface area contributed by atoms with Crippen LogP contribution >= 0.6 is 0 Å². The van der Waals surface area contributed by atoms with Crippen molar-refractivity contribution < 1.29 is 21.6 Å². The fraction of sp³-hybridized carbons (Fsp3) is 0.370. The summed E-state index contributed by atoms with van der Waals surface area (Å²) in [5.74, 6) is -0.595. The van der Waals surface area contributed by atoms with Crippen molar-refractivity contribution in [3.05, 3.63) is 76.7 Å². The van der Waals surface area contributed by atoms with E-state index in [1.54, 1.807) is 25.4 Å². The second kappa shape index (κ2) is 8.68. The lowest BCUT2D eigenvalue weighted by atomic mass is 9.66. The first-order valence-corrected chi connectivity index (χ1v) is 14.4. The van der Waals surface area contributed by atoms with Crippen molar-refractivity contribution in [3.63, 3.8) is 0 Å². The van der Waals surface area contributed by atoms with Gasteiger partial charge in [-0.05, 0) is 54.9 Å². The summed E-state index contributed by atoms with van der Waals surface area (Å²) < 4.78 is 60.3. The minimum Gasteiger partial charge on any atom is -0.440 e. The number of aromatic nitrogens is 5. The van der Waals surface area contributed by atoms with Gasteiger partial charge in [-0.2, -0.15) is 5.10 Å². The van der Waals surface area contributed by atoms with E-state index in [4.69, 9.17) is 9.40 Å². The number of hydrogen-bond acceptors (Lipinski definition) is 8. The van der Waals surface area contributed by atoms with Crippen LogP contribution in [0.2, 0.25) is 0 Å². The molecule has 6 rings (SSSR count). The summed E-state index contributed by atoms with van der Waals surface area (Å²) in [5.41, 5.74) is 2.19. The number of hydrogen-bond donors (Lipinski definition) is 1. The zero-order valence-electron chi connectivity index (χ0n) is 21.8. The molecule has 12 heteroatoms. The van der Waals surface area contributed by atoms with E-state index >= 15 is 0 Å². The molecule has 0 radical (unpaired) electrons. The molecule has 2 aliphatic carbocycles. The predicted octanol–water partition coefficient (Wildman–Crippen LogP) is 4.43. The van der Waals surface area contributed by atoms with E-state index in [-0.39, 0.29) is 35.0 Å². The second-order valence-electron chi connectivity index (χ2n) is 10.8. The number of oxazole rings is 1. The molecule has 3 aromatic heterocycles. The molecule has 2 aliphatic rings. The monoisotopic (exact) mass is 552 g/mol. The zero-order valence-corrected chi connectivity index (χ0v) is 22.6. The predicted molar refractivity (Wildman–Crippen MR) is 138 cm³/mol. The van der Waals surface area contributed by atoms with Gasteiger partial charge in [0.15, 0.2) is 0 Å². The van der Waals surface area contributed by atoms with Gasteiger partial charge < -0.3 is 4.42 Å². The first-order valence-electron chi connectivity index (χ1n) is 12.5. The Kier molecular flexibility index (Phi) is 5.71. The van der Waals surface area contributed by atoms with Gasteiger partial charge in [0.25, 0.3) is 0 Å². The van der Waals surface area contributed by atoms with Crippen molar-refractivity contribution >= 4 is 10.0 Å². The molecular formula is C27H26F2N6O3S. The Hall–Kier alpha value is -3.64. The van der Waals surface area contributed by atoms with E-state index in [0.717, 1.165) is 30.4 Å². The van der Waals surface area contributed by atoms with Crippen molar-refractivity contribution in [2.45, 2.75) is 51.5 Å². The fourth-order valence-corrected chi connectivity index (χ4v) is 6.73. The Morgan fingerprint density at radius 1 is 1.10 bits per heavy atom. The Morgan fingerprint density at radius 2 is 1.85 bits per heavy atom. The number of halogens is 2. The second-order valence-corrected chi connectivity index (χ2v) is 12.6. The topological polar surface area (TPSA) is 124 Å². The lowest BCUT2D eigenvalue weighted by molar-refractivity contribution is 0.242. The van der Waals surface area contributed by atoms with Gasteiger partial charge >= 0.3 is 0 Å². The number of nitrogens with one attached hydrogen (secondary N) is 1. The number of rotatable bonds is 6. The van der Waals surface area contributed by atoms with Crippen LogP contribution in [0.15, 0.2) is 41.1 Å². The van der Waals surface area contributed by atoms with Crippen LogP contribution in [0.4, 0.5) is 8.78 Å². The van der Waals surface area contributed by atoms with Crippen LogP contribution in [0.5, 0.6) is 0 Å². The van der Waals surface area contributed by atoms with E-state index in [0.29, 0.717) is 22.8 Å². The maximum Gasteiger partial charge on any atom is 0.247 e. The van der Waals surface area contributed by atoms with Gasteiger partial charge in [0.1, 0.15) is 23.1 Å². The molecule has 3 heterocycles. The van der Waals surface area contributed by atoms with E-state index in [1.807, 2.05) is 0 Å². The third kappa shape index (κ3) is 3.88. The first kappa shape index (κ1) is 25.6. The quantitative estimate of drug-likeness (QED) is 0.373. The van der Waals surface area contributed by atoms with E-state index in [2.05, 4.69) is 38.7 Å². The third-order valence-corrected chi connectivity index (χ3v) is 8.96. The Labute approximate surface area is 224 Å². The van der Waals surface area contributed by atoms with E-state index in [1.165, 1.54) is 18.2 Å². The van der Waals surface area contributed by atoms with Gasteiger partial charge in [-0.15, -0.1) is 5.10 Å². The van der Waals surface area contributed by atoms with Crippen LogP contribution in [-0.4, -0.2) is 39.8 Å². The highest BCUT2D eigenvalue weighted by Gasteiger charge is 2.65. The zero-order chi connectivity index (χ0) is 27.7. The van der Waals surface area contributed by atoms with E-state index in [9.17, 15) is 17.2 Å². The van der Waals surface area contributed by atoms with Gasteiger partial charge in [-0.1, -0.05) is 19.9 Å². The van der Waals surface area contributed by atoms with Crippen LogP contribution < -0.4 is 4.72 Å².